The maximum absolute atomic E-state index is 12.4. The molecule has 2 heterocycles. The van der Waals surface area contributed by atoms with Crippen molar-refractivity contribution >= 4 is 5.91 Å². The average molecular weight is 344 g/mol. The first-order chi connectivity index (χ1) is 12.1. The molecule has 0 aliphatic carbocycles. The van der Waals surface area contributed by atoms with Gasteiger partial charge in [0, 0.05) is 20.0 Å². The van der Waals surface area contributed by atoms with E-state index in [0.717, 1.165) is 37.3 Å². The molecule has 0 bridgehead atoms. The fourth-order valence-electron chi connectivity index (χ4n) is 2.92. The third kappa shape index (κ3) is 4.29. The minimum Gasteiger partial charge on any atom is -0.492 e. The lowest BCUT2D eigenvalue weighted by Gasteiger charge is -2.17. The van der Waals surface area contributed by atoms with Crippen LogP contribution in [0.4, 0.5) is 0 Å². The number of nitrogens with zero attached hydrogens (tertiary/aromatic N) is 4. The van der Waals surface area contributed by atoms with Crippen molar-refractivity contribution in [2.75, 3.05) is 20.2 Å². The topological polar surface area (TPSA) is 69.4 Å². The van der Waals surface area contributed by atoms with Crippen LogP contribution in [0.2, 0.25) is 0 Å². The van der Waals surface area contributed by atoms with Crippen molar-refractivity contribution in [1.29, 1.82) is 0 Å². The molecule has 1 aromatic heterocycles. The van der Waals surface area contributed by atoms with Crippen LogP contribution in [-0.2, 0) is 24.3 Å². The number of ether oxygens (including phenoxy) is 1. The second-order valence-electron chi connectivity index (χ2n) is 6.30. The second-order valence-corrected chi connectivity index (χ2v) is 6.30. The Morgan fingerprint density at radius 1 is 1.24 bits per heavy atom. The zero-order chi connectivity index (χ0) is 17.6. The van der Waals surface area contributed by atoms with Gasteiger partial charge in [0.1, 0.15) is 24.7 Å². The second kappa shape index (κ2) is 8.00. The van der Waals surface area contributed by atoms with Crippen LogP contribution in [0.25, 0.3) is 0 Å². The number of aromatic nitrogens is 3. The van der Waals surface area contributed by atoms with E-state index in [4.69, 9.17) is 4.74 Å². The van der Waals surface area contributed by atoms with Crippen LogP contribution in [0.5, 0.6) is 5.75 Å². The highest BCUT2D eigenvalue weighted by atomic mass is 16.5. The molecule has 134 valence electrons. The van der Waals surface area contributed by atoms with Gasteiger partial charge in [0.25, 0.3) is 0 Å². The quantitative estimate of drug-likeness (QED) is 0.792. The van der Waals surface area contributed by atoms with Gasteiger partial charge in [-0.15, -0.1) is 0 Å². The molecule has 1 aliphatic rings. The number of amides is 1. The largest absolute Gasteiger partial charge is 0.492 e. The molecule has 7 nitrogen and oxygen atoms in total. The Balaban J connectivity index is 1.54. The van der Waals surface area contributed by atoms with Crippen molar-refractivity contribution in [1.82, 2.24) is 19.2 Å². The lowest BCUT2D eigenvalue weighted by molar-refractivity contribution is -0.131. The first-order valence-electron chi connectivity index (χ1n) is 8.73. The third-order valence-electron chi connectivity index (χ3n) is 4.43. The summed E-state index contributed by atoms with van der Waals surface area (Å²) in [5, 5.41) is 4.35. The van der Waals surface area contributed by atoms with E-state index in [-0.39, 0.29) is 18.1 Å². The van der Waals surface area contributed by atoms with Crippen LogP contribution in [0.15, 0.2) is 35.1 Å². The summed E-state index contributed by atoms with van der Waals surface area (Å²) >= 11 is 0. The number of benzene rings is 1. The lowest BCUT2D eigenvalue weighted by Crippen LogP contribution is -2.37. The molecule has 0 spiro atoms. The predicted molar refractivity (Wildman–Crippen MR) is 93.6 cm³/mol. The van der Waals surface area contributed by atoms with E-state index in [2.05, 4.69) is 5.10 Å². The fourth-order valence-corrected chi connectivity index (χ4v) is 2.92. The Morgan fingerprint density at radius 2 is 2.04 bits per heavy atom. The van der Waals surface area contributed by atoms with Gasteiger partial charge in [-0.25, -0.2) is 9.48 Å². The predicted octanol–water partition coefficient (Wildman–Crippen LogP) is 1.31. The molecule has 0 fully saturated rings. The maximum Gasteiger partial charge on any atom is 0.346 e. The molecular weight excluding hydrogens is 320 g/mol. The molecule has 0 atom stereocenters. The maximum atomic E-state index is 12.4. The average Bonchev–Trinajstić information content (AvgIpc) is 2.79. The van der Waals surface area contributed by atoms with Crippen LogP contribution in [-0.4, -0.2) is 45.4 Å². The Kier molecular flexibility index (Phi) is 5.53. The zero-order valence-electron chi connectivity index (χ0n) is 14.6. The van der Waals surface area contributed by atoms with Crippen molar-refractivity contribution < 1.29 is 9.53 Å². The van der Waals surface area contributed by atoms with Crippen LogP contribution in [0, 0.1) is 0 Å². The molecule has 2 aromatic rings. The summed E-state index contributed by atoms with van der Waals surface area (Å²) in [6.45, 7) is 1.53. The highest BCUT2D eigenvalue weighted by Crippen LogP contribution is 2.10. The summed E-state index contributed by atoms with van der Waals surface area (Å²) in [5.41, 5.74) is -0.181. The SMILES string of the molecule is CN(CCOc1ccccc1)C(=O)Cn1nc2n(c1=O)CCCCC2. The van der Waals surface area contributed by atoms with Gasteiger partial charge in [-0.1, -0.05) is 24.6 Å². The van der Waals surface area contributed by atoms with Gasteiger partial charge >= 0.3 is 5.69 Å². The molecule has 0 radical (unpaired) electrons. The summed E-state index contributed by atoms with van der Waals surface area (Å²) in [7, 11) is 1.71. The van der Waals surface area contributed by atoms with Gasteiger partial charge in [0.2, 0.25) is 5.91 Å². The minimum atomic E-state index is -0.181. The number of hydrogen-bond donors (Lipinski definition) is 0. The fraction of sp³-hybridized carbons (Fsp3) is 0.500. The van der Waals surface area contributed by atoms with E-state index in [1.54, 1.807) is 16.5 Å². The third-order valence-corrected chi connectivity index (χ3v) is 4.43. The van der Waals surface area contributed by atoms with E-state index in [1.807, 2.05) is 30.3 Å². The summed E-state index contributed by atoms with van der Waals surface area (Å²) < 4.78 is 8.60. The summed E-state index contributed by atoms with van der Waals surface area (Å²) in [5.74, 6) is 1.43. The van der Waals surface area contributed by atoms with Crippen molar-refractivity contribution in [3.05, 3.63) is 46.6 Å². The van der Waals surface area contributed by atoms with Gasteiger partial charge in [-0.2, -0.15) is 5.10 Å². The Hall–Kier alpha value is -2.57. The number of carbonyl (C=O) groups excluding carboxylic acids is 1. The van der Waals surface area contributed by atoms with Crippen LogP contribution in [0.1, 0.15) is 25.1 Å². The van der Waals surface area contributed by atoms with Crippen molar-refractivity contribution in [2.45, 2.75) is 38.8 Å². The minimum absolute atomic E-state index is 0.0271. The van der Waals surface area contributed by atoms with Crippen LogP contribution >= 0.6 is 0 Å². The molecule has 0 unspecified atom stereocenters. The molecule has 0 saturated heterocycles. The summed E-state index contributed by atoms with van der Waals surface area (Å²) in [4.78, 5) is 26.3. The van der Waals surface area contributed by atoms with Gasteiger partial charge in [0.15, 0.2) is 0 Å². The zero-order valence-corrected chi connectivity index (χ0v) is 14.6. The number of hydrogen-bond acceptors (Lipinski definition) is 4. The normalized spacial score (nSPS) is 13.8. The molecule has 1 amide bonds. The molecule has 7 heteroatoms. The monoisotopic (exact) mass is 344 g/mol. The van der Waals surface area contributed by atoms with Crippen LogP contribution in [0.3, 0.4) is 0 Å². The highest BCUT2D eigenvalue weighted by Gasteiger charge is 2.18. The molecule has 0 saturated carbocycles. The number of fused-ring (bicyclic) bond motifs is 1. The number of para-hydroxylation sites is 1. The Morgan fingerprint density at radius 3 is 2.84 bits per heavy atom. The Labute approximate surface area is 146 Å². The smallest absolute Gasteiger partial charge is 0.346 e. The van der Waals surface area contributed by atoms with E-state index in [9.17, 15) is 9.59 Å². The van der Waals surface area contributed by atoms with Gasteiger partial charge in [-0.3, -0.25) is 9.36 Å². The van der Waals surface area contributed by atoms with E-state index in [1.165, 1.54) is 4.68 Å². The number of likely N-dealkylation sites (N-methyl/N-ethyl adjacent to an activating group) is 1. The summed E-state index contributed by atoms with van der Waals surface area (Å²) in [6.07, 6.45) is 3.95. The molecule has 25 heavy (non-hydrogen) atoms. The first-order valence-corrected chi connectivity index (χ1v) is 8.73. The van der Waals surface area contributed by atoms with Crippen molar-refractivity contribution in [2.24, 2.45) is 0 Å². The molecule has 1 aromatic carbocycles. The van der Waals surface area contributed by atoms with E-state index in [0.29, 0.717) is 19.7 Å². The highest BCUT2D eigenvalue weighted by molar-refractivity contribution is 5.75. The van der Waals surface area contributed by atoms with E-state index >= 15 is 0 Å². The van der Waals surface area contributed by atoms with Crippen molar-refractivity contribution in [3.63, 3.8) is 0 Å². The molecule has 0 N–H and O–H groups in total. The van der Waals surface area contributed by atoms with Crippen molar-refractivity contribution in [3.8, 4) is 5.75 Å². The Bertz CT molecular complexity index is 766. The molecular formula is C18H24N4O3. The number of rotatable bonds is 6. The van der Waals surface area contributed by atoms with E-state index < -0.39 is 0 Å². The molecule has 1 aliphatic heterocycles. The number of aryl methyl sites for hydroxylation is 1. The standard InChI is InChI=1S/C18H24N4O3/c1-20(12-13-25-15-8-4-2-5-9-15)17(23)14-22-18(24)21-11-7-3-6-10-16(21)19-22/h2,4-5,8-9H,3,6-7,10-14H2,1H3. The summed E-state index contributed by atoms with van der Waals surface area (Å²) in [6, 6.07) is 9.48. The van der Waals surface area contributed by atoms with Gasteiger partial charge in [-0.05, 0) is 25.0 Å². The van der Waals surface area contributed by atoms with Crippen LogP contribution < -0.4 is 10.4 Å². The van der Waals surface area contributed by atoms with Gasteiger partial charge in [0.05, 0.1) is 6.54 Å². The lowest BCUT2D eigenvalue weighted by atomic mass is 10.2. The van der Waals surface area contributed by atoms with Gasteiger partial charge < -0.3 is 9.64 Å². The first kappa shape index (κ1) is 17.3. The molecule has 3 rings (SSSR count). The number of carbonyl (C=O) groups is 1.